The summed E-state index contributed by atoms with van der Waals surface area (Å²) in [6.45, 7) is 7.68. The van der Waals surface area contributed by atoms with Gasteiger partial charge in [-0.05, 0) is 24.8 Å². The highest BCUT2D eigenvalue weighted by Crippen LogP contribution is 2.49. The first-order valence-corrected chi connectivity index (χ1v) is 10.8. The van der Waals surface area contributed by atoms with E-state index in [1.807, 2.05) is 57.2 Å². The normalized spacial score (nSPS) is 14.8. The van der Waals surface area contributed by atoms with Gasteiger partial charge in [0.1, 0.15) is 11.8 Å². The summed E-state index contributed by atoms with van der Waals surface area (Å²) in [6.07, 6.45) is 1.76. The summed E-state index contributed by atoms with van der Waals surface area (Å²) in [5, 5.41) is 4.78. The predicted molar refractivity (Wildman–Crippen MR) is 106 cm³/mol. The number of esters is 1. The van der Waals surface area contributed by atoms with Crippen molar-refractivity contribution in [1.82, 2.24) is 5.09 Å². The molecule has 0 amide bonds. The minimum atomic E-state index is -3.32. The molecule has 2 atom stereocenters. The van der Waals surface area contributed by atoms with Gasteiger partial charge in [-0.1, -0.05) is 63.6 Å². The first-order valence-electron chi connectivity index (χ1n) is 9.09. The lowest BCUT2D eigenvalue weighted by Crippen LogP contribution is -2.36. The topological polar surface area (TPSA) is 64.6 Å². The summed E-state index contributed by atoms with van der Waals surface area (Å²) in [4.78, 5) is 12.1. The third-order valence-corrected chi connectivity index (χ3v) is 6.71. The third kappa shape index (κ3) is 5.09. The summed E-state index contributed by atoms with van der Waals surface area (Å²) in [7, 11) is -3.32. The van der Waals surface area contributed by atoms with Crippen LogP contribution < -0.4 is 9.61 Å². The number of ether oxygens (including phenoxy) is 1. The van der Waals surface area contributed by atoms with E-state index in [9.17, 15) is 9.36 Å². The van der Waals surface area contributed by atoms with Gasteiger partial charge in [0.15, 0.2) is 0 Å². The van der Waals surface area contributed by atoms with Gasteiger partial charge in [-0.25, -0.2) is 5.09 Å². The van der Waals surface area contributed by atoms with Gasteiger partial charge in [0.2, 0.25) is 0 Å². The van der Waals surface area contributed by atoms with E-state index in [0.29, 0.717) is 12.4 Å². The molecule has 0 aliphatic rings. The number of rotatable bonds is 9. The number of unbranched alkanes of at least 4 members (excludes halogenated alkanes) is 1. The van der Waals surface area contributed by atoms with Crippen molar-refractivity contribution in [3.05, 3.63) is 42.5 Å². The van der Waals surface area contributed by atoms with Gasteiger partial charge in [0.25, 0.3) is 0 Å². The number of nitrogens with one attached hydrogen (secondary N) is 1. The van der Waals surface area contributed by atoms with Crippen LogP contribution in [0.2, 0.25) is 0 Å². The smallest absolute Gasteiger partial charge is 0.323 e. The SMILES string of the molecule is CCCCOC(=O)[C@H](C)NP(=O)(Oc1cccc2ccccc12)C(C)C. The number of hydrogen-bond acceptors (Lipinski definition) is 4. The van der Waals surface area contributed by atoms with Crippen LogP contribution in [0.1, 0.15) is 40.5 Å². The molecule has 1 unspecified atom stereocenters. The Morgan fingerprint density at radius 1 is 1.12 bits per heavy atom. The fraction of sp³-hybridized carbons (Fsp3) is 0.450. The van der Waals surface area contributed by atoms with Crippen molar-refractivity contribution in [1.29, 1.82) is 0 Å². The third-order valence-electron chi connectivity index (χ3n) is 4.13. The Balaban J connectivity index is 2.18. The molecule has 0 radical (unpaired) electrons. The second kappa shape index (κ2) is 9.20. The van der Waals surface area contributed by atoms with Gasteiger partial charge in [-0.15, -0.1) is 0 Å². The van der Waals surface area contributed by atoms with Gasteiger partial charge in [0.05, 0.1) is 12.3 Å². The zero-order valence-electron chi connectivity index (χ0n) is 15.9. The second-order valence-electron chi connectivity index (χ2n) is 6.63. The molecule has 0 aliphatic carbocycles. The van der Waals surface area contributed by atoms with E-state index < -0.39 is 19.5 Å². The van der Waals surface area contributed by atoms with E-state index in [2.05, 4.69) is 5.09 Å². The molecule has 2 aromatic carbocycles. The molecule has 2 rings (SSSR count). The monoisotopic (exact) mass is 377 g/mol. The molecule has 6 heteroatoms. The van der Waals surface area contributed by atoms with Crippen molar-refractivity contribution in [2.45, 2.75) is 52.2 Å². The highest BCUT2D eigenvalue weighted by Gasteiger charge is 2.34. The average Bonchev–Trinajstić information content (AvgIpc) is 2.62. The van der Waals surface area contributed by atoms with Crippen molar-refractivity contribution >= 4 is 24.3 Å². The van der Waals surface area contributed by atoms with E-state index >= 15 is 0 Å². The van der Waals surface area contributed by atoms with Crippen LogP contribution >= 0.6 is 7.52 Å². The number of carbonyl (C=O) groups is 1. The van der Waals surface area contributed by atoms with E-state index in [4.69, 9.17) is 9.26 Å². The Hall–Kier alpha value is -1.84. The predicted octanol–water partition coefficient (Wildman–Crippen LogP) is 5.14. The summed E-state index contributed by atoms with van der Waals surface area (Å²) in [6, 6.07) is 12.7. The molecule has 1 N–H and O–H groups in total. The largest absolute Gasteiger partial charge is 0.465 e. The van der Waals surface area contributed by atoms with Crippen molar-refractivity contribution in [2.24, 2.45) is 0 Å². The molecule has 0 saturated heterocycles. The Morgan fingerprint density at radius 3 is 2.50 bits per heavy atom. The first kappa shape index (κ1) is 20.5. The standard InChI is InChI=1S/C20H28NO4P/c1-5-6-14-24-20(22)16(4)21-26(23,15(2)3)25-19-13-9-11-17-10-7-8-12-18(17)19/h7-13,15-16H,5-6,14H2,1-4H3,(H,21,23)/t16-,26?/m0/s1. The van der Waals surface area contributed by atoms with Crippen LogP contribution in [0.4, 0.5) is 0 Å². The van der Waals surface area contributed by atoms with Crippen molar-refractivity contribution in [3.8, 4) is 5.75 Å². The molecular weight excluding hydrogens is 349 g/mol. The number of hydrogen-bond donors (Lipinski definition) is 1. The van der Waals surface area contributed by atoms with Crippen molar-refractivity contribution < 1.29 is 18.6 Å². The lowest BCUT2D eigenvalue weighted by Gasteiger charge is -2.26. The summed E-state index contributed by atoms with van der Waals surface area (Å²) in [5.41, 5.74) is -0.299. The molecule has 0 aromatic heterocycles. The second-order valence-corrected chi connectivity index (χ2v) is 9.30. The van der Waals surface area contributed by atoms with E-state index in [-0.39, 0.29) is 5.66 Å². The molecule has 5 nitrogen and oxygen atoms in total. The van der Waals surface area contributed by atoms with Crippen LogP contribution in [0.25, 0.3) is 10.8 Å². The minimum absolute atomic E-state index is 0.299. The summed E-state index contributed by atoms with van der Waals surface area (Å²) >= 11 is 0. The van der Waals surface area contributed by atoms with E-state index in [1.54, 1.807) is 13.0 Å². The van der Waals surface area contributed by atoms with Crippen molar-refractivity contribution in [3.63, 3.8) is 0 Å². The lowest BCUT2D eigenvalue weighted by molar-refractivity contribution is -0.145. The molecule has 0 heterocycles. The van der Waals surface area contributed by atoms with Crippen molar-refractivity contribution in [2.75, 3.05) is 6.61 Å². The quantitative estimate of drug-likeness (QED) is 0.372. The van der Waals surface area contributed by atoms with Gasteiger partial charge < -0.3 is 9.26 Å². The lowest BCUT2D eigenvalue weighted by atomic mass is 10.1. The fourth-order valence-corrected chi connectivity index (χ4v) is 4.13. The maximum absolute atomic E-state index is 13.4. The van der Waals surface area contributed by atoms with Crippen LogP contribution in [0.15, 0.2) is 42.5 Å². The summed E-state index contributed by atoms with van der Waals surface area (Å²) < 4.78 is 24.6. The minimum Gasteiger partial charge on any atom is -0.465 e. The zero-order valence-corrected chi connectivity index (χ0v) is 16.8. The van der Waals surface area contributed by atoms with Crippen LogP contribution in [-0.2, 0) is 14.1 Å². The maximum Gasteiger partial charge on any atom is 0.323 e. The Morgan fingerprint density at radius 2 is 1.81 bits per heavy atom. The average molecular weight is 377 g/mol. The van der Waals surface area contributed by atoms with Crippen LogP contribution in [0, 0.1) is 0 Å². The van der Waals surface area contributed by atoms with Crippen LogP contribution in [0.5, 0.6) is 5.75 Å². The molecule has 0 aliphatic heterocycles. The van der Waals surface area contributed by atoms with Gasteiger partial charge in [-0.2, -0.15) is 0 Å². The number of benzene rings is 2. The molecule has 0 saturated carbocycles. The molecule has 0 fully saturated rings. The first-order chi connectivity index (χ1) is 12.4. The van der Waals surface area contributed by atoms with Gasteiger partial charge in [-0.3, -0.25) is 9.36 Å². The molecule has 2 aromatic rings. The highest BCUT2D eigenvalue weighted by molar-refractivity contribution is 7.58. The van der Waals surface area contributed by atoms with Crippen LogP contribution in [-0.4, -0.2) is 24.3 Å². The fourth-order valence-electron chi connectivity index (χ4n) is 2.47. The van der Waals surface area contributed by atoms with E-state index in [0.717, 1.165) is 23.6 Å². The molecular formula is C20H28NO4P. The Bertz CT molecular complexity index is 785. The van der Waals surface area contributed by atoms with Gasteiger partial charge >= 0.3 is 13.5 Å². The Labute approximate surface area is 155 Å². The molecule has 0 bridgehead atoms. The molecule has 0 spiro atoms. The highest BCUT2D eigenvalue weighted by atomic mass is 31.2. The van der Waals surface area contributed by atoms with Crippen LogP contribution in [0.3, 0.4) is 0 Å². The van der Waals surface area contributed by atoms with E-state index in [1.165, 1.54) is 0 Å². The number of carbonyl (C=O) groups excluding carboxylic acids is 1. The molecule has 26 heavy (non-hydrogen) atoms. The number of fused-ring (bicyclic) bond motifs is 1. The maximum atomic E-state index is 13.4. The Kier molecular flexibility index (Phi) is 7.24. The molecule has 142 valence electrons. The summed E-state index contributed by atoms with van der Waals surface area (Å²) in [5.74, 6) is 0.125. The zero-order chi connectivity index (χ0) is 19.2. The van der Waals surface area contributed by atoms with Gasteiger partial charge in [0, 0.05) is 5.39 Å².